The van der Waals surface area contributed by atoms with Crippen LogP contribution >= 0.6 is 0 Å². The molecule has 0 radical (unpaired) electrons. The summed E-state index contributed by atoms with van der Waals surface area (Å²) in [7, 11) is 3.14. The van der Waals surface area contributed by atoms with Crippen molar-refractivity contribution in [2.75, 3.05) is 40.4 Å². The minimum Gasteiger partial charge on any atom is -0.493 e. The van der Waals surface area contributed by atoms with Gasteiger partial charge in [-0.3, -0.25) is 19.1 Å². The first-order valence-corrected chi connectivity index (χ1v) is 11.3. The lowest BCUT2D eigenvalue weighted by molar-refractivity contribution is -0.127. The van der Waals surface area contributed by atoms with Crippen molar-refractivity contribution in [1.82, 2.24) is 14.4 Å². The third-order valence-electron chi connectivity index (χ3n) is 5.92. The molecule has 176 valence electrons. The first kappa shape index (κ1) is 23.3. The van der Waals surface area contributed by atoms with Crippen molar-refractivity contribution in [1.29, 1.82) is 0 Å². The summed E-state index contributed by atoms with van der Waals surface area (Å²) in [5.74, 6) is 0.972. The number of ether oxygens (including phenoxy) is 2. The zero-order valence-corrected chi connectivity index (χ0v) is 19.5. The Hall–Kier alpha value is -3.84. The molecule has 1 aliphatic rings. The van der Waals surface area contributed by atoms with E-state index in [0.717, 1.165) is 25.2 Å². The van der Waals surface area contributed by atoms with Gasteiger partial charge in [0.05, 0.1) is 14.2 Å². The average Bonchev–Trinajstić information content (AvgIpc) is 2.88. The lowest BCUT2D eigenvalue weighted by atomic mass is 10.1. The van der Waals surface area contributed by atoms with Gasteiger partial charge in [-0.25, -0.2) is 0 Å². The van der Waals surface area contributed by atoms with E-state index in [-0.39, 0.29) is 11.5 Å². The summed E-state index contributed by atoms with van der Waals surface area (Å²) >= 11 is 0. The minimum absolute atomic E-state index is 0.178. The van der Waals surface area contributed by atoms with E-state index in [1.54, 1.807) is 50.8 Å². The molecule has 34 heavy (non-hydrogen) atoms. The number of piperazine rings is 1. The molecule has 1 aromatic heterocycles. The smallest absolute Gasteiger partial charge is 0.271 e. The summed E-state index contributed by atoms with van der Waals surface area (Å²) in [6, 6.07) is 20.6. The molecule has 2 heterocycles. The molecule has 2 aromatic carbocycles. The van der Waals surface area contributed by atoms with Crippen LogP contribution in [-0.4, -0.2) is 60.7 Å². The van der Waals surface area contributed by atoms with Crippen molar-refractivity contribution < 1.29 is 14.3 Å². The van der Waals surface area contributed by atoms with Gasteiger partial charge in [-0.15, -0.1) is 0 Å². The fourth-order valence-electron chi connectivity index (χ4n) is 4.07. The molecule has 3 aromatic rings. The third-order valence-corrected chi connectivity index (χ3v) is 5.92. The summed E-state index contributed by atoms with van der Waals surface area (Å²) in [6.07, 6.45) is 3.35. The fraction of sp³-hybridized carbons (Fsp3) is 0.259. The molecule has 7 nitrogen and oxygen atoms in total. The van der Waals surface area contributed by atoms with E-state index in [9.17, 15) is 9.59 Å². The van der Waals surface area contributed by atoms with Crippen LogP contribution in [0.4, 0.5) is 0 Å². The first-order chi connectivity index (χ1) is 16.6. The number of benzene rings is 2. The molecule has 0 unspecified atom stereocenters. The molecule has 1 saturated heterocycles. The Morgan fingerprint density at radius 3 is 2.26 bits per heavy atom. The van der Waals surface area contributed by atoms with Crippen molar-refractivity contribution >= 4 is 17.7 Å². The summed E-state index contributed by atoms with van der Waals surface area (Å²) in [5, 5.41) is 0. The second kappa shape index (κ2) is 10.9. The van der Waals surface area contributed by atoms with Gasteiger partial charge in [0.25, 0.3) is 11.5 Å². The predicted octanol–water partition coefficient (Wildman–Crippen LogP) is 3.21. The molecule has 0 N–H and O–H groups in total. The monoisotopic (exact) mass is 459 g/mol. The van der Waals surface area contributed by atoms with Crippen LogP contribution in [0.1, 0.15) is 11.1 Å². The zero-order valence-electron chi connectivity index (χ0n) is 19.5. The number of nitrogens with zero attached hydrogens (tertiary/aromatic N) is 3. The van der Waals surface area contributed by atoms with E-state index in [1.807, 2.05) is 29.2 Å². The Morgan fingerprint density at radius 1 is 0.882 bits per heavy atom. The van der Waals surface area contributed by atoms with Crippen molar-refractivity contribution in [3.63, 3.8) is 0 Å². The molecule has 0 aliphatic carbocycles. The normalized spacial score (nSPS) is 14.6. The molecule has 1 amide bonds. The Labute approximate surface area is 199 Å². The quantitative estimate of drug-likeness (QED) is 0.508. The number of methoxy groups -OCH3 is 2. The Bertz CT molecular complexity index is 1210. The molecule has 1 fully saturated rings. The number of hydrogen-bond donors (Lipinski definition) is 0. The summed E-state index contributed by atoms with van der Waals surface area (Å²) < 4.78 is 12.1. The van der Waals surface area contributed by atoms with Gasteiger partial charge in [0.1, 0.15) is 5.70 Å². The van der Waals surface area contributed by atoms with E-state index in [1.165, 1.54) is 16.2 Å². The van der Waals surface area contributed by atoms with Crippen LogP contribution in [-0.2, 0) is 11.3 Å². The largest absolute Gasteiger partial charge is 0.493 e. The second-order valence-corrected chi connectivity index (χ2v) is 8.11. The van der Waals surface area contributed by atoms with Gasteiger partial charge in [0.15, 0.2) is 11.5 Å². The number of rotatable bonds is 7. The fourth-order valence-corrected chi connectivity index (χ4v) is 4.07. The summed E-state index contributed by atoms with van der Waals surface area (Å²) in [5.41, 5.74) is 2.03. The van der Waals surface area contributed by atoms with Crippen molar-refractivity contribution in [2.45, 2.75) is 6.54 Å². The number of aromatic nitrogens is 1. The van der Waals surface area contributed by atoms with E-state index >= 15 is 0 Å². The lowest BCUT2D eigenvalue weighted by Gasteiger charge is -2.35. The van der Waals surface area contributed by atoms with Gasteiger partial charge in [-0.1, -0.05) is 42.5 Å². The Morgan fingerprint density at radius 2 is 1.59 bits per heavy atom. The molecule has 0 spiro atoms. The van der Waals surface area contributed by atoms with Gasteiger partial charge in [-0.05, 0) is 35.4 Å². The number of hydrogen-bond acceptors (Lipinski definition) is 5. The number of carbonyl (C=O) groups excluding carboxylic acids is 1. The maximum absolute atomic E-state index is 13.6. The highest BCUT2D eigenvalue weighted by atomic mass is 16.5. The van der Waals surface area contributed by atoms with Gasteiger partial charge in [-0.2, -0.15) is 0 Å². The molecule has 0 bridgehead atoms. The SMILES string of the molecule is COc1ccc(/C=C(\C(=O)N2CCN(Cc3ccccc3)CC2)n2ccccc2=O)cc1OC. The van der Waals surface area contributed by atoms with E-state index < -0.39 is 0 Å². The Balaban J connectivity index is 1.58. The molecular weight excluding hydrogens is 430 g/mol. The number of pyridine rings is 1. The molecule has 0 saturated carbocycles. The van der Waals surface area contributed by atoms with Crippen molar-refractivity contribution in [3.05, 3.63) is 94.4 Å². The van der Waals surface area contributed by atoms with Crippen LogP contribution in [0.5, 0.6) is 11.5 Å². The predicted molar refractivity (Wildman–Crippen MR) is 133 cm³/mol. The number of carbonyl (C=O) groups is 1. The van der Waals surface area contributed by atoms with Crippen LogP contribution in [0.3, 0.4) is 0 Å². The minimum atomic E-state index is -0.259. The molecular formula is C27H29N3O4. The highest BCUT2D eigenvalue weighted by Gasteiger charge is 2.25. The highest BCUT2D eigenvalue weighted by molar-refractivity contribution is 6.18. The molecule has 4 rings (SSSR count). The standard InChI is InChI=1S/C27H29N3O4/c1-33-24-12-11-22(19-25(24)34-2)18-23(30-13-7-6-10-26(30)31)27(32)29-16-14-28(15-17-29)20-21-8-4-3-5-9-21/h3-13,18-19H,14-17,20H2,1-2H3/b23-18+. The topological polar surface area (TPSA) is 64.0 Å². The zero-order chi connectivity index (χ0) is 23.9. The van der Waals surface area contributed by atoms with Crippen LogP contribution in [0.25, 0.3) is 11.8 Å². The van der Waals surface area contributed by atoms with E-state index in [2.05, 4.69) is 17.0 Å². The second-order valence-electron chi connectivity index (χ2n) is 8.11. The first-order valence-electron chi connectivity index (χ1n) is 11.3. The van der Waals surface area contributed by atoms with E-state index in [0.29, 0.717) is 30.3 Å². The summed E-state index contributed by atoms with van der Waals surface area (Å²) in [4.78, 5) is 30.4. The van der Waals surface area contributed by atoms with Gasteiger partial charge < -0.3 is 14.4 Å². The average molecular weight is 460 g/mol. The van der Waals surface area contributed by atoms with Crippen LogP contribution in [0, 0.1) is 0 Å². The van der Waals surface area contributed by atoms with Gasteiger partial charge in [0.2, 0.25) is 0 Å². The van der Waals surface area contributed by atoms with Gasteiger partial charge in [0, 0.05) is 45.0 Å². The maximum Gasteiger partial charge on any atom is 0.271 e. The van der Waals surface area contributed by atoms with Gasteiger partial charge >= 0.3 is 0 Å². The van der Waals surface area contributed by atoms with Crippen LogP contribution < -0.4 is 15.0 Å². The molecule has 7 heteroatoms. The lowest BCUT2D eigenvalue weighted by Crippen LogP contribution is -2.49. The maximum atomic E-state index is 13.6. The van der Waals surface area contributed by atoms with E-state index in [4.69, 9.17) is 9.47 Å². The third kappa shape index (κ3) is 5.38. The number of amides is 1. The molecule has 0 atom stereocenters. The van der Waals surface area contributed by atoms with Crippen molar-refractivity contribution in [2.24, 2.45) is 0 Å². The highest BCUT2D eigenvalue weighted by Crippen LogP contribution is 2.29. The van der Waals surface area contributed by atoms with Crippen molar-refractivity contribution in [3.8, 4) is 11.5 Å². The molecule has 1 aliphatic heterocycles. The Kier molecular flexibility index (Phi) is 7.44. The van der Waals surface area contributed by atoms with Crippen LogP contribution in [0.15, 0.2) is 77.7 Å². The summed E-state index contributed by atoms with van der Waals surface area (Å²) in [6.45, 7) is 3.59. The van der Waals surface area contributed by atoms with Crippen LogP contribution in [0.2, 0.25) is 0 Å².